The molecule has 92 valence electrons. The number of benzene rings is 1. The first-order chi connectivity index (χ1) is 8.70. The van der Waals surface area contributed by atoms with Crippen LogP contribution in [0, 0.1) is 4.64 Å². The largest absolute Gasteiger partial charge is 0.465 e. The number of ether oxygens (including phenoxy) is 1. The molecule has 3 nitrogen and oxygen atoms in total. The lowest BCUT2D eigenvalue weighted by molar-refractivity contribution is 0.0600. The second-order valence-electron chi connectivity index (χ2n) is 3.86. The SMILES string of the molecule is COC(=O)c1ccc(Cn2ccccc2=S)cc1. The van der Waals surface area contributed by atoms with E-state index in [0.29, 0.717) is 12.1 Å². The predicted molar refractivity (Wildman–Crippen MR) is 72.1 cm³/mol. The molecule has 0 aliphatic rings. The Bertz CT molecular complexity index is 602. The minimum absolute atomic E-state index is 0.321. The molecule has 2 rings (SSSR count). The quantitative estimate of drug-likeness (QED) is 0.627. The summed E-state index contributed by atoms with van der Waals surface area (Å²) in [4.78, 5) is 11.3. The van der Waals surface area contributed by atoms with E-state index in [1.165, 1.54) is 7.11 Å². The van der Waals surface area contributed by atoms with Crippen molar-refractivity contribution in [3.63, 3.8) is 0 Å². The van der Waals surface area contributed by atoms with Crippen LogP contribution in [0.4, 0.5) is 0 Å². The van der Waals surface area contributed by atoms with Crippen LogP contribution in [0.25, 0.3) is 0 Å². The third-order valence-corrected chi connectivity index (χ3v) is 3.00. The van der Waals surface area contributed by atoms with E-state index in [9.17, 15) is 4.79 Å². The first kappa shape index (κ1) is 12.5. The lowest BCUT2D eigenvalue weighted by atomic mass is 10.1. The molecule has 0 unspecified atom stereocenters. The molecule has 0 aliphatic carbocycles. The van der Waals surface area contributed by atoms with Crippen LogP contribution in [-0.4, -0.2) is 17.6 Å². The number of hydrogen-bond donors (Lipinski definition) is 0. The zero-order chi connectivity index (χ0) is 13.0. The summed E-state index contributed by atoms with van der Waals surface area (Å²) < 4.78 is 7.41. The van der Waals surface area contributed by atoms with Crippen LogP contribution in [0.2, 0.25) is 0 Å². The fourth-order valence-corrected chi connectivity index (χ4v) is 1.86. The van der Waals surface area contributed by atoms with E-state index in [-0.39, 0.29) is 5.97 Å². The van der Waals surface area contributed by atoms with Crippen molar-refractivity contribution in [1.82, 2.24) is 4.57 Å². The van der Waals surface area contributed by atoms with Crippen LogP contribution in [0.5, 0.6) is 0 Å². The highest BCUT2D eigenvalue weighted by molar-refractivity contribution is 7.71. The number of esters is 1. The van der Waals surface area contributed by atoms with Crippen molar-refractivity contribution in [2.45, 2.75) is 6.54 Å². The Hall–Kier alpha value is -1.94. The molecule has 0 atom stereocenters. The van der Waals surface area contributed by atoms with Crippen molar-refractivity contribution in [2.75, 3.05) is 7.11 Å². The molecule has 0 N–H and O–H groups in total. The molecule has 0 spiro atoms. The van der Waals surface area contributed by atoms with Gasteiger partial charge in [0.15, 0.2) is 0 Å². The zero-order valence-corrected chi connectivity index (χ0v) is 10.8. The third kappa shape index (κ3) is 2.84. The molecule has 0 saturated heterocycles. The molecule has 0 saturated carbocycles. The maximum absolute atomic E-state index is 11.3. The van der Waals surface area contributed by atoms with Gasteiger partial charge in [-0.1, -0.05) is 30.4 Å². The first-order valence-electron chi connectivity index (χ1n) is 5.53. The van der Waals surface area contributed by atoms with E-state index in [1.807, 2.05) is 41.1 Å². The Labute approximate surface area is 111 Å². The van der Waals surface area contributed by atoms with Crippen molar-refractivity contribution < 1.29 is 9.53 Å². The van der Waals surface area contributed by atoms with Crippen LogP contribution < -0.4 is 0 Å². The van der Waals surface area contributed by atoms with Crippen LogP contribution >= 0.6 is 12.2 Å². The van der Waals surface area contributed by atoms with E-state index >= 15 is 0 Å². The summed E-state index contributed by atoms with van der Waals surface area (Å²) in [5, 5.41) is 0. The van der Waals surface area contributed by atoms with E-state index < -0.39 is 0 Å². The Morgan fingerprint density at radius 3 is 2.56 bits per heavy atom. The Morgan fingerprint density at radius 1 is 1.22 bits per heavy atom. The topological polar surface area (TPSA) is 31.2 Å². The Morgan fingerprint density at radius 2 is 1.94 bits per heavy atom. The first-order valence-corrected chi connectivity index (χ1v) is 5.94. The maximum atomic E-state index is 11.3. The highest BCUT2D eigenvalue weighted by Gasteiger charge is 2.04. The van der Waals surface area contributed by atoms with Gasteiger partial charge in [0.05, 0.1) is 12.7 Å². The molecule has 0 radical (unpaired) electrons. The predicted octanol–water partition coefficient (Wildman–Crippen LogP) is 3.05. The Kier molecular flexibility index (Phi) is 3.89. The highest BCUT2D eigenvalue weighted by Crippen LogP contribution is 2.08. The van der Waals surface area contributed by atoms with E-state index in [0.717, 1.165) is 10.2 Å². The second-order valence-corrected chi connectivity index (χ2v) is 4.27. The van der Waals surface area contributed by atoms with Crippen molar-refractivity contribution in [2.24, 2.45) is 0 Å². The molecule has 4 heteroatoms. The monoisotopic (exact) mass is 259 g/mol. The number of carbonyl (C=O) groups is 1. The summed E-state index contributed by atoms with van der Waals surface area (Å²) in [5.41, 5.74) is 1.64. The van der Waals surface area contributed by atoms with Gasteiger partial charge in [0, 0.05) is 12.7 Å². The summed E-state index contributed by atoms with van der Waals surface area (Å²) >= 11 is 5.23. The van der Waals surface area contributed by atoms with Crippen molar-refractivity contribution in [3.8, 4) is 0 Å². The molecule has 1 aromatic carbocycles. The number of methoxy groups -OCH3 is 1. The number of pyridine rings is 1. The summed E-state index contributed by atoms with van der Waals surface area (Å²) in [5.74, 6) is -0.321. The number of carbonyl (C=O) groups excluding carboxylic acids is 1. The fraction of sp³-hybridized carbons (Fsp3) is 0.143. The van der Waals surface area contributed by atoms with Gasteiger partial charge >= 0.3 is 5.97 Å². The third-order valence-electron chi connectivity index (χ3n) is 2.63. The van der Waals surface area contributed by atoms with Gasteiger partial charge < -0.3 is 9.30 Å². The smallest absolute Gasteiger partial charge is 0.337 e. The van der Waals surface area contributed by atoms with Crippen molar-refractivity contribution >= 4 is 18.2 Å². The second kappa shape index (κ2) is 5.60. The lowest BCUT2D eigenvalue weighted by Crippen LogP contribution is -2.03. The molecule has 1 aromatic heterocycles. The van der Waals surface area contributed by atoms with Gasteiger partial charge in [-0.05, 0) is 29.8 Å². The van der Waals surface area contributed by atoms with Crippen LogP contribution in [0.3, 0.4) is 0 Å². The normalized spacial score (nSPS) is 10.1. The van der Waals surface area contributed by atoms with Crippen LogP contribution in [0.15, 0.2) is 48.7 Å². The molecule has 0 fully saturated rings. The zero-order valence-electron chi connectivity index (χ0n) is 10.00. The summed E-state index contributed by atoms with van der Waals surface area (Å²) in [6.07, 6.45) is 1.94. The van der Waals surface area contributed by atoms with E-state index in [1.54, 1.807) is 12.1 Å². The molecule has 1 heterocycles. The van der Waals surface area contributed by atoms with Crippen LogP contribution in [0.1, 0.15) is 15.9 Å². The number of rotatable bonds is 3. The molecule has 0 amide bonds. The fourth-order valence-electron chi connectivity index (χ4n) is 1.65. The van der Waals surface area contributed by atoms with Gasteiger partial charge in [-0.25, -0.2) is 4.79 Å². The maximum Gasteiger partial charge on any atom is 0.337 e. The molecule has 0 bridgehead atoms. The van der Waals surface area contributed by atoms with Gasteiger partial charge in [0.1, 0.15) is 4.64 Å². The van der Waals surface area contributed by atoms with Gasteiger partial charge in [-0.3, -0.25) is 0 Å². The number of hydrogen-bond acceptors (Lipinski definition) is 3. The van der Waals surface area contributed by atoms with E-state index in [4.69, 9.17) is 12.2 Å². The minimum atomic E-state index is -0.321. The summed E-state index contributed by atoms with van der Waals surface area (Å²) in [6, 6.07) is 13.1. The van der Waals surface area contributed by atoms with Crippen molar-refractivity contribution in [1.29, 1.82) is 0 Å². The minimum Gasteiger partial charge on any atom is -0.465 e. The molecular formula is C14H13NO2S. The average Bonchev–Trinajstić information content (AvgIpc) is 2.41. The number of aromatic nitrogens is 1. The molecule has 18 heavy (non-hydrogen) atoms. The highest BCUT2D eigenvalue weighted by atomic mass is 32.1. The van der Waals surface area contributed by atoms with Gasteiger partial charge in [-0.15, -0.1) is 0 Å². The van der Waals surface area contributed by atoms with E-state index in [2.05, 4.69) is 4.74 Å². The van der Waals surface area contributed by atoms with Gasteiger partial charge in [0.25, 0.3) is 0 Å². The molecule has 0 aliphatic heterocycles. The Balaban J connectivity index is 2.19. The standard InChI is InChI=1S/C14H13NO2S/c1-17-14(16)12-7-5-11(6-8-12)10-15-9-3-2-4-13(15)18/h2-9H,10H2,1H3. The van der Waals surface area contributed by atoms with Crippen LogP contribution in [-0.2, 0) is 11.3 Å². The van der Waals surface area contributed by atoms with Crippen molar-refractivity contribution in [3.05, 3.63) is 64.4 Å². The van der Waals surface area contributed by atoms with Gasteiger partial charge in [0.2, 0.25) is 0 Å². The number of nitrogens with zero attached hydrogens (tertiary/aromatic N) is 1. The summed E-state index contributed by atoms with van der Waals surface area (Å²) in [7, 11) is 1.37. The lowest BCUT2D eigenvalue weighted by Gasteiger charge is -2.07. The summed E-state index contributed by atoms with van der Waals surface area (Å²) in [6.45, 7) is 0.696. The molecular weight excluding hydrogens is 246 g/mol. The average molecular weight is 259 g/mol. The molecule has 2 aromatic rings. The van der Waals surface area contributed by atoms with Gasteiger partial charge in [-0.2, -0.15) is 0 Å².